The van der Waals surface area contributed by atoms with Crippen molar-refractivity contribution in [3.8, 4) is 0 Å². The second-order valence-electron chi connectivity index (χ2n) is 8.07. The van der Waals surface area contributed by atoms with Gasteiger partial charge in [0.1, 0.15) is 0 Å². The van der Waals surface area contributed by atoms with Gasteiger partial charge in [-0.1, -0.05) is 19.1 Å². The van der Waals surface area contributed by atoms with Crippen LogP contribution in [0.1, 0.15) is 40.9 Å². The van der Waals surface area contributed by atoms with Crippen LogP contribution in [0.3, 0.4) is 0 Å². The average Bonchev–Trinajstić information content (AvgIpc) is 3.33. The van der Waals surface area contributed by atoms with Gasteiger partial charge in [-0.25, -0.2) is 14.5 Å². The molecule has 8 heteroatoms. The Morgan fingerprint density at radius 2 is 2.06 bits per heavy atom. The Morgan fingerprint density at radius 3 is 2.90 bits per heavy atom. The average molecular weight is 435 g/mol. The number of aryl methyl sites for hydroxylation is 2. The molecule has 1 aliphatic heterocycles. The maximum atomic E-state index is 12.6. The molecule has 1 aliphatic rings. The first-order valence-corrected chi connectivity index (χ1v) is 11.6. The van der Waals surface area contributed by atoms with E-state index in [9.17, 15) is 4.79 Å². The third-order valence-electron chi connectivity index (χ3n) is 6.12. The predicted octanol–water partition coefficient (Wildman–Crippen LogP) is 3.91. The molecular formula is C23H26N6OS. The first-order chi connectivity index (χ1) is 15.0. The van der Waals surface area contributed by atoms with Crippen LogP contribution in [0, 0.1) is 13.8 Å². The van der Waals surface area contributed by atoms with Gasteiger partial charge in [-0.2, -0.15) is 5.10 Å². The molecule has 0 atom stereocenters. The molecular weight excluding hydrogens is 408 g/mol. The summed E-state index contributed by atoms with van der Waals surface area (Å²) in [6, 6.07) is 8.03. The molecule has 7 nitrogen and oxygen atoms in total. The summed E-state index contributed by atoms with van der Waals surface area (Å²) in [4.78, 5) is 25.8. The highest BCUT2D eigenvalue weighted by Crippen LogP contribution is 2.28. The van der Waals surface area contributed by atoms with Gasteiger partial charge in [0.15, 0.2) is 10.8 Å². The third kappa shape index (κ3) is 3.70. The van der Waals surface area contributed by atoms with Crippen molar-refractivity contribution in [3.05, 3.63) is 51.8 Å². The summed E-state index contributed by atoms with van der Waals surface area (Å²) >= 11 is 1.60. The zero-order valence-corrected chi connectivity index (χ0v) is 18.9. The molecule has 1 amide bonds. The lowest BCUT2D eigenvalue weighted by Gasteiger charge is -2.23. The van der Waals surface area contributed by atoms with Crippen molar-refractivity contribution in [2.45, 2.75) is 46.6 Å². The van der Waals surface area contributed by atoms with E-state index in [1.54, 1.807) is 11.3 Å². The lowest BCUT2D eigenvalue weighted by Crippen LogP contribution is -2.29. The number of aromatic nitrogens is 4. The molecule has 5 rings (SSSR count). The van der Waals surface area contributed by atoms with Crippen LogP contribution in [0.25, 0.3) is 16.6 Å². The van der Waals surface area contributed by atoms with Gasteiger partial charge in [-0.05, 0) is 44.5 Å². The monoisotopic (exact) mass is 434 g/mol. The van der Waals surface area contributed by atoms with Gasteiger partial charge >= 0.3 is 0 Å². The van der Waals surface area contributed by atoms with E-state index < -0.39 is 0 Å². The van der Waals surface area contributed by atoms with Crippen molar-refractivity contribution in [2.24, 2.45) is 0 Å². The third-order valence-corrected chi connectivity index (χ3v) is 7.12. The number of carbonyl (C=O) groups excluding carboxylic acids is 1. The summed E-state index contributed by atoms with van der Waals surface area (Å²) in [5.41, 5.74) is 6.00. The number of benzene rings is 1. The minimum absolute atomic E-state index is 0.0111. The summed E-state index contributed by atoms with van der Waals surface area (Å²) in [6.45, 7) is 9.25. The highest BCUT2D eigenvalue weighted by Gasteiger charge is 2.21. The summed E-state index contributed by atoms with van der Waals surface area (Å²) < 4.78 is 1.90. The first-order valence-electron chi connectivity index (χ1n) is 10.8. The molecule has 0 fully saturated rings. The largest absolute Gasteiger partial charge is 0.302 e. The van der Waals surface area contributed by atoms with E-state index in [0.717, 1.165) is 65.3 Å². The van der Waals surface area contributed by atoms with Crippen LogP contribution in [0.5, 0.6) is 0 Å². The van der Waals surface area contributed by atoms with Crippen LogP contribution in [0.15, 0.2) is 24.3 Å². The van der Waals surface area contributed by atoms with E-state index in [1.807, 2.05) is 35.7 Å². The number of amides is 1. The number of thiazole rings is 1. The quantitative estimate of drug-likeness (QED) is 0.516. The zero-order valence-electron chi connectivity index (χ0n) is 18.1. The van der Waals surface area contributed by atoms with Gasteiger partial charge in [0.05, 0.1) is 11.2 Å². The van der Waals surface area contributed by atoms with Crippen molar-refractivity contribution in [1.29, 1.82) is 0 Å². The zero-order chi connectivity index (χ0) is 21.5. The fourth-order valence-electron chi connectivity index (χ4n) is 4.33. The Kier molecular flexibility index (Phi) is 5.19. The Labute approximate surface area is 185 Å². The maximum Gasteiger partial charge on any atom is 0.226 e. The van der Waals surface area contributed by atoms with Crippen LogP contribution in [0.2, 0.25) is 0 Å². The van der Waals surface area contributed by atoms with E-state index in [2.05, 4.69) is 29.0 Å². The summed E-state index contributed by atoms with van der Waals surface area (Å²) in [6.07, 6.45) is 1.97. The minimum atomic E-state index is -0.0111. The molecule has 1 N–H and O–H groups in total. The molecule has 3 aromatic heterocycles. The van der Waals surface area contributed by atoms with Crippen molar-refractivity contribution in [1.82, 2.24) is 24.5 Å². The summed E-state index contributed by atoms with van der Waals surface area (Å²) in [7, 11) is 0. The lowest BCUT2D eigenvalue weighted by molar-refractivity contribution is -0.116. The Balaban J connectivity index is 1.31. The lowest BCUT2D eigenvalue weighted by atomic mass is 10.1. The minimum Gasteiger partial charge on any atom is -0.302 e. The number of hydrogen-bond donors (Lipinski definition) is 1. The van der Waals surface area contributed by atoms with Crippen molar-refractivity contribution in [3.63, 3.8) is 0 Å². The van der Waals surface area contributed by atoms with Gasteiger partial charge in [-0.15, -0.1) is 11.3 Å². The van der Waals surface area contributed by atoms with Gasteiger partial charge in [0.2, 0.25) is 5.91 Å². The van der Waals surface area contributed by atoms with Gasteiger partial charge in [0, 0.05) is 47.6 Å². The van der Waals surface area contributed by atoms with Crippen LogP contribution in [-0.4, -0.2) is 43.5 Å². The van der Waals surface area contributed by atoms with Crippen LogP contribution >= 0.6 is 11.3 Å². The molecule has 1 aromatic carbocycles. The molecule has 4 heterocycles. The normalized spacial score (nSPS) is 14.3. The van der Waals surface area contributed by atoms with E-state index in [-0.39, 0.29) is 5.91 Å². The molecule has 0 saturated heterocycles. The Hall–Kier alpha value is -2.84. The topological polar surface area (TPSA) is 75.4 Å². The van der Waals surface area contributed by atoms with E-state index >= 15 is 0 Å². The molecule has 160 valence electrons. The number of nitrogens with one attached hydrogen (secondary N) is 1. The number of anilines is 1. The Bertz CT molecular complexity index is 1290. The number of fused-ring (bicyclic) bond motifs is 4. The number of rotatable bonds is 5. The number of carbonyl (C=O) groups is 1. The second kappa shape index (κ2) is 8.01. The van der Waals surface area contributed by atoms with Gasteiger partial charge in [-0.3, -0.25) is 9.69 Å². The number of likely N-dealkylation sites (N-methyl/N-ethyl adjacent to an activating group) is 1. The summed E-state index contributed by atoms with van der Waals surface area (Å²) in [5.74, 6) is -0.0111. The fraction of sp³-hybridized carbons (Fsp3) is 0.391. The second-order valence-corrected chi connectivity index (χ2v) is 9.15. The SMILES string of the molecule is CCN1CCc2nc(NC(=O)CCc3c(C)nc4c5ccccc5nn4c3C)sc2C1. The molecule has 0 bridgehead atoms. The first kappa shape index (κ1) is 20.1. The standard InChI is InChI=1S/C23H26N6OS/c1-4-28-12-11-19-20(13-28)31-23(25-19)26-21(30)10-9-16-14(2)24-22-17-7-5-6-8-18(17)27-29(22)15(16)3/h5-8H,4,9-13H2,1-3H3,(H,25,26,30). The fourth-order valence-corrected chi connectivity index (χ4v) is 5.40. The smallest absolute Gasteiger partial charge is 0.226 e. The molecule has 0 aliphatic carbocycles. The van der Waals surface area contributed by atoms with Crippen molar-refractivity contribution in [2.75, 3.05) is 18.4 Å². The number of hydrogen-bond acceptors (Lipinski definition) is 6. The molecule has 0 unspecified atom stereocenters. The van der Waals surface area contributed by atoms with Gasteiger partial charge in [0.25, 0.3) is 0 Å². The van der Waals surface area contributed by atoms with Crippen LogP contribution in [0.4, 0.5) is 5.13 Å². The van der Waals surface area contributed by atoms with E-state index in [4.69, 9.17) is 10.1 Å². The maximum absolute atomic E-state index is 12.6. The van der Waals surface area contributed by atoms with Gasteiger partial charge < -0.3 is 5.32 Å². The highest BCUT2D eigenvalue weighted by molar-refractivity contribution is 7.15. The van der Waals surface area contributed by atoms with Crippen molar-refractivity contribution >= 4 is 38.9 Å². The van der Waals surface area contributed by atoms with Crippen molar-refractivity contribution < 1.29 is 4.79 Å². The molecule has 0 radical (unpaired) electrons. The molecule has 0 saturated carbocycles. The van der Waals surface area contributed by atoms with E-state index in [0.29, 0.717) is 18.0 Å². The highest BCUT2D eigenvalue weighted by atomic mass is 32.1. The van der Waals surface area contributed by atoms with Crippen LogP contribution in [-0.2, 0) is 24.2 Å². The van der Waals surface area contributed by atoms with Crippen LogP contribution < -0.4 is 5.32 Å². The molecule has 0 spiro atoms. The predicted molar refractivity (Wildman–Crippen MR) is 124 cm³/mol. The number of nitrogens with zero attached hydrogens (tertiary/aromatic N) is 5. The summed E-state index contributed by atoms with van der Waals surface area (Å²) in [5, 5.41) is 9.47. The Morgan fingerprint density at radius 1 is 1.23 bits per heavy atom. The van der Waals surface area contributed by atoms with E-state index in [1.165, 1.54) is 4.88 Å². The molecule has 4 aromatic rings. The molecule has 31 heavy (non-hydrogen) atoms.